The van der Waals surface area contributed by atoms with Crippen LogP contribution in [-0.2, 0) is 6.54 Å². The van der Waals surface area contributed by atoms with Gasteiger partial charge in [0.15, 0.2) is 6.20 Å². The minimum atomic E-state index is -0.254. The molecular weight excluding hydrogens is 390 g/mol. The predicted molar refractivity (Wildman–Crippen MR) is 117 cm³/mol. The Balaban J connectivity index is 1.60. The molecular formula is C25H21N3O3. The Morgan fingerprint density at radius 3 is 2.35 bits per heavy atom. The van der Waals surface area contributed by atoms with E-state index >= 15 is 0 Å². The highest BCUT2D eigenvalue weighted by Crippen LogP contribution is 2.37. The maximum Gasteiger partial charge on any atom is 0.224 e. The van der Waals surface area contributed by atoms with Crippen LogP contribution in [-0.4, -0.2) is 40.7 Å². The van der Waals surface area contributed by atoms with E-state index in [1.165, 1.54) is 19.0 Å². The van der Waals surface area contributed by atoms with Crippen molar-refractivity contribution < 1.29 is 14.3 Å². The van der Waals surface area contributed by atoms with Crippen LogP contribution < -0.4 is 4.73 Å². The monoisotopic (exact) mass is 411 g/mol. The molecule has 3 heterocycles. The summed E-state index contributed by atoms with van der Waals surface area (Å²) in [5.41, 5.74) is 2.68. The third kappa shape index (κ3) is 2.58. The van der Waals surface area contributed by atoms with E-state index in [9.17, 15) is 14.8 Å². The quantitative estimate of drug-likeness (QED) is 0.337. The van der Waals surface area contributed by atoms with Gasteiger partial charge in [-0.3, -0.25) is 9.59 Å². The van der Waals surface area contributed by atoms with Gasteiger partial charge in [-0.25, -0.2) is 0 Å². The third-order valence-corrected chi connectivity index (χ3v) is 6.65. The molecule has 1 aliphatic carbocycles. The number of rotatable bonds is 3. The first-order valence-corrected chi connectivity index (χ1v) is 10.7. The second-order valence-corrected chi connectivity index (χ2v) is 8.36. The van der Waals surface area contributed by atoms with Crippen LogP contribution in [0.5, 0.6) is 0 Å². The largest absolute Gasteiger partial charge is 0.618 e. The van der Waals surface area contributed by atoms with Crippen molar-refractivity contribution in [3.63, 3.8) is 0 Å². The first-order valence-electron chi connectivity index (χ1n) is 10.7. The van der Waals surface area contributed by atoms with E-state index in [2.05, 4.69) is 4.90 Å². The van der Waals surface area contributed by atoms with Crippen LogP contribution in [0, 0.1) is 5.21 Å². The summed E-state index contributed by atoms with van der Waals surface area (Å²) in [4.78, 5) is 29.9. The Morgan fingerprint density at radius 1 is 0.839 bits per heavy atom. The predicted octanol–water partition coefficient (Wildman–Crippen LogP) is 3.30. The summed E-state index contributed by atoms with van der Waals surface area (Å²) in [6.45, 7) is 3.64. The number of fused-ring (bicyclic) bond motifs is 6. The molecule has 2 aliphatic rings. The summed E-state index contributed by atoms with van der Waals surface area (Å²) in [7, 11) is 0. The summed E-state index contributed by atoms with van der Waals surface area (Å²) in [5, 5.41) is 13.9. The lowest BCUT2D eigenvalue weighted by Crippen LogP contribution is -2.33. The number of hydrogen-bond donors (Lipinski definition) is 0. The first kappa shape index (κ1) is 18.3. The number of carbonyl (C=O) groups excluding carboxylic acids is 2. The van der Waals surface area contributed by atoms with Crippen molar-refractivity contribution in [2.45, 2.75) is 19.4 Å². The number of hydrogen-bond acceptors (Lipinski definition) is 4. The molecule has 4 aromatic rings. The molecule has 0 amide bonds. The molecule has 6 rings (SSSR count). The van der Waals surface area contributed by atoms with Crippen molar-refractivity contribution >= 4 is 33.4 Å². The van der Waals surface area contributed by atoms with Crippen LogP contribution in [0.2, 0.25) is 0 Å². The Bertz CT molecular complexity index is 1400. The van der Waals surface area contributed by atoms with Gasteiger partial charge >= 0.3 is 0 Å². The molecule has 2 aromatic heterocycles. The first-order chi connectivity index (χ1) is 15.1. The van der Waals surface area contributed by atoms with Gasteiger partial charge in [-0.05, 0) is 38.1 Å². The minimum absolute atomic E-state index is 0.181. The van der Waals surface area contributed by atoms with Crippen LogP contribution in [0.1, 0.15) is 44.8 Å². The number of carbonyl (C=O) groups is 2. The molecule has 0 unspecified atom stereocenters. The number of benzene rings is 2. The minimum Gasteiger partial charge on any atom is -0.618 e. The number of pyridine rings is 1. The lowest BCUT2D eigenvalue weighted by molar-refractivity contribution is -0.577. The van der Waals surface area contributed by atoms with E-state index in [0.717, 1.165) is 30.5 Å². The lowest BCUT2D eigenvalue weighted by atomic mass is 9.85. The van der Waals surface area contributed by atoms with Crippen molar-refractivity contribution in [2.24, 2.45) is 0 Å². The fraction of sp³-hybridized carbons (Fsp3) is 0.240. The van der Waals surface area contributed by atoms with Gasteiger partial charge in [-0.2, -0.15) is 4.73 Å². The van der Waals surface area contributed by atoms with Gasteiger partial charge in [-0.15, -0.1) is 0 Å². The van der Waals surface area contributed by atoms with E-state index in [-0.39, 0.29) is 17.1 Å². The molecule has 1 saturated heterocycles. The van der Waals surface area contributed by atoms with Crippen molar-refractivity contribution in [3.8, 4) is 0 Å². The van der Waals surface area contributed by atoms with Crippen LogP contribution in [0.4, 0.5) is 0 Å². The number of likely N-dealkylation sites (tertiary alicyclic amines) is 1. The molecule has 0 N–H and O–H groups in total. The summed E-state index contributed by atoms with van der Waals surface area (Å²) in [6, 6.07) is 14.7. The number of aromatic nitrogens is 2. The molecule has 1 fully saturated rings. The molecule has 6 heteroatoms. The molecule has 0 radical (unpaired) electrons. The van der Waals surface area contributed by atoms with Crippen LogP contribution in [0.25, 0.3) is 21.8 Å². The molecule has 6 nitrogen and oxygen atoms in total. The zero-order valence-electron chi connectivity index (χ0n) is 17.0. The molecule has 2 aromatic carbocycles. The van der Waals surface area contributed by atoms with E-state index in [1.54, 1.807) is 24.3 Å². The molecule has 1 aliphatic heterocycles. The summed E-state index contributed by atoms with van der Waals surface area (Å²) in [6.07, 6.45) is 3.67. The normalized spacial score (nSPS) is 16.3. The molecule has 0 saturated carbocycles. The van der Waals surface area contributed by atoms with E-state index in [0.29, 0.717) is 39.0 Å². The van der Waals surface area contributed by atoms with Gasteiger partial charge in [-0.1, -0.05) is 30.3 Å². The van der Waals surface area contributed by atoms with Crippen molar-refractivity contribution in [2.75, 3.05) is 19.6 Å². The van der Waals surface area contributed by atoms with Crippen LogP contribution in [0.3, 0.4) is 0 Å². The Labute approximate surface area is 178 Å². The zero-order chi connectivity index (χ0) is 21.1. The fourth-order valence-corrected chi connectivity index (χ4v) is 5.19. The van der Waals surface area contributed by atoms with Gasteiger partial charge in [0.2, 0.25) is 17.1 Å². The molecule has 0 spiro atoms. The summed E-state index contributed by atoms with van der Waals surface area (Å²) >= 11 is 0. The zero-order valence-corrected chi connectivity index (χ0v) is 17.0. The summed E-state index contributed by atoms with van der Waals surface area (Å²) < 4.78 is 2.70. The smallest absolute Gasteiger partial charge is 0.224 e. The number of para-hydroxylation sites is 2. The van der Waals surface area contributed by atoms with Gasteiger partial charge < -0.3 is 14.7 Å². The second-order valence-electron chi connectivity index (χ2n) is 8.36. The van der Waals surface area contributed by atoms with Crippen molar-refractivity contribution in [1.82, 2.24) is 9.47 Å². The third-order valence-electron chi connectivity index (χ3n) is 6.65. The second kappa shape index (κ2) is 6.75. The van der Waals surface area contributed by atoms with Gasteiger partial charge in [0.05, 0.1) is 22.1 Å². The average molecular weight is 411 g/mol. The lowest BCUT2D eigenvalue weighted by Gasteiger charge is -2.20. The summed E-state index contributed by atoms with van der Waals surface area (Å²) in [5.74, 6) is -0.435. The highest BCUT2D eigenvalue weighted by molar-refractivity contribution is 6.34. The molecule has 0 atom stereocenters. The van der Waals surface area contributed by atoms with E-state index in [4.69, 9.17) is 0 Å². The molecule has 0 bridgehead atoms. The van der Waals surface area contributed by atoms with Gasteiger partial charge in [0.25, 0.3) is 0 Å². The number of ketones is 2. The fourth-order valence-electron chi connectivity index (χ4n) is 5.19. The highest BCUT2D eigenvalue weighted by Gasteiger charge is 2.38. The maximum absolute atomic E-state index is 13.9. The number of nitrogens with zero attached hydrogens (tertiary/aromatic N) is 3. The van der Waals surface area contributed by atoms with Gasteiger partial charge in [0, 0.05) is 30.1 Å². The van der Waals surface area contributed by atoms with E-state index < -0.39 is 0 Å². The Hall–Kier alpha value is -3.51. The SMILES string of the molecule is O=C1c2c[n+]([O-])c3ccccc3c2C(=O)c2c1c1ccccc1n2CCN1CCCC1. The topological polar surface area (TPSA) is 69.2 Å². The Morgan fingerprint density at radius 2 is 1.55 bits per heavy atom. The van der Waals surface area contributed by atoms with Crippen LogP contribution >= 0.6 is 0 Å². The molecule has 31 heavy (non-hydrogen) atoms. The Kier molecular flexibility index (Phi) is 3.98. The highest BCUT2D eigenvalue weighted by atomic mass is 16.5. The average Bonchev–Trinajstić information content (AvgIpc) is 3.42. The standard InChI is InChI=1S/C25H21N3O3/c29-24-18-15-28(31)20-10-4-2-8-17(20)21(18)25(30)23-22(24)16-7-1-3-9-19(16)27(23)14-13-26-11-5-6-12-26/h1-4,7-10,15H,5-6,11-14H2. The maximum atomic E-state index is 13.9. The van der Waals surface area contributed by atoms with E-state index in [1.807, 2.05) is 28.8 Å². The van der Waals surface area contributed by atoms with Crippen molar-refractivity contribution in [3.05, 3.63) is 82.3 Å². The van der Waals surface area contributed by atoms with Crippen molar-refractivity contribution in [1.29, 1.82) is 0 Å². The van der Waals surface area contributed by atoms with Crippen LogP contribution in [0.15, 0.2) is 54.7 Å². The molecule has 154 valence electrons. The van der Waals surface area contributed by atoms with Gasteiger partial charge in [0.1, 0.15) is 5.69 Å².